The van der Waals surface area contributed by atoms with Crippen LogP contribution in [-0.2, 0) is 0 Å². The van der Waals surface area contributed by atoms with E-state index in [0.717, 1.165) is 36.5 Å². The molecule has 1 aromatic heterocycles. The van der Waals surface area contributed by atoms with Crippen LogP contribution in [0, 0.1) is 12.8 Å². The lowest BCUT2D eigenvalue weighted by Gasteiger charge is -2.22. The Morgan fingerprint density at radius 3 is 2.84 bits per heavy atom. The summed E-state index contributed by atoms with van der Waals surface area (Å²) in [6.07, 6.45) is 2.34. The summed E-state index contributed by atoms with van der Waals surface area (Å²) < 4.78 is 5.88. The zero-order valence-corrected chi connectivity index (χ0v) is 11.1. The van der Waals surface area contributed by atoms with Gasteiger partial charge in [-0.3, -0.25) is 15.0 Å². The Balaban J connectivity index is 1.75. The summed E-state index contributed by atoms with van der Waals surface area (Å²) in [4.78, 5) is 11.6. The molecule has 0 bridgehead atoms. The van der Waals surface area contributed by atoms with E-state index in [-0.39, 0.29) is 5.56 Å². The highest BCUT2D eigenvalue weighted by molar-refractivity contribution is 5.82. The molecule has 3 N–H and O–H groups in total. The van der Waals surface area contributed by atoms with Crippen molar-refractivity contribution in [3.8, 4) is 5.75 Å². The molecule has 2 aromatic rings. The predicted molar refractivity (Wildman–Crippen MR) is 74.7 cm³/mol. The average molecular weight is 261 g/mol. The number of H-pyrrole nitrogens is 2. The summed E-state index contributed by atoms with van der Waals surface area (Å²) in [5.41, 5.74) is 1.68. The van der Waals surface area contributed by atoms with Gasteiger partial charge in [0.05, 0.1) is 17.5 Å². The minimum absolute atomic E-state index is 0.0718. The predicted octanol–water partition coefficient (Wildman–Crippen LogP) is 1.54. The SMILES string of the molecule is Cc1cc(OCC2CCNCC2)cc2[nH][nH]c(=O)c12. The van der Waals surface area contributed by atoms with Crippen LogP contribution in [0.3, 0.4) is 0 Å². The first kappa shape index (κ1) is 12.3. The molecule has 1 fully saturated rings. The molecule has 0 unspecified atom stereocenters. The molecule has 2 heterocycles. The fraction of sp³-hybridized carbons (Fsp3) is 0.500. The molecule has 1 aliphatic rings. The normalized spacial score (nSPS) is 16.9. The molecule has 0 spiro atoms. The number of rotatable bonds is 3. The maximum Gasteiger partial charge on any atom is 0.272 e. The molecule has 0 amide bonds. The van der Waals surface area contributed by atoms with Gasteiger partial charge in [0.1, 0.15) is 5.75 Å². The average Bonchev–Trinajstić information content (AvgIpc) is 2.80. The van der Waals surface area contributed by atoms with Gasteiger partial charge in [-0.1, -0.05) is 0 Å². The smallest absolute Gasteiger partial charge is 0.272 e. The second-order valence-electron chi connectivity index (χ2n) is 5.25. The van der Waals surface area contributed by atoms with E-state index in [2.05, 4.69) is 15.5 Å². The van der Waals surface area contributed by atoms with Crippen molar-refractivity contribution >= 4 is 10.9 Å². The summed E-state index contributed by atoms with van der Waals surface area (Å²) in [7, 11) is 0. The molecule has 0 atom stereocenters. The zero-order chi connectivity index (χ0) is 13.2. The van der Waals surface area contributed by atoms with Crippen LogP contribution in [0.1, 0.15) is 18.4 Å². The monoisotopic (exact) mass is 261 g/mol. The van der Waals surface area contributed by atoms with E-state index < -0.39 is 0 Å². The van der Waals surface area contributed by atoms with Gasteiger partial charge < -0.3 is 10.1 Å². The highest BCUT2D eigenvalue weighted by Crippen LogP contribution is 2.22. The number of aryl methyl sites for hydroxylation is 1. The molecule has 1 aromatic carbocycles. The first-order chi connectivity index (χ1) is 9.24. The lowest BCUT2D eigenvalue weighted by Crippen LogP contribution is -2.30. The lowest BCUT2D eigenvalue weighted by molar-refractivity contribution is 0.215. The van der Waals surface area contributed by atoms with Crippen molar-refractivity contribution in [1.82, 2.24) is 15.5 Å². The van der Waals surface area contributed by atoms with Crippen molar-refractivity contribution in [3.63, 3.8) is 0 Å². The van der Waals surface area contributed by atoms with E-state index in [0.29, 0.717) is 11.3 Å². The van der Waals surface area contributed by atoms with E-state index in [1.807, 2.05) is 19.1 Å². The number of aromatic amines is 2. The quantitative estimate of drug-likeness (QED) is 0.785. The molecule has 5 heteroatoms. The maximum absolute atomic E-state index is 11.6. The Labute approximate surface area is 111 Å². The minimum atomic E-state index is -0.0718. The van der Waals surface area contributed by atoms with Crippen LogP contribution in [0.25, 0.3) is 10.9 Å². The second kappa shape index (κ2) is 5.09. The van der Waals surface area contributed by atoms with Gasteiger partial charge in [-0.15, -0.1) is 0 Å². The number of hydrogen-bond acceptors (Lipinski definition) is 3. The molecule has 5 nitrogen and oxygen atoms in total. The molecular weight excluding hydrogens is 242 g/mol. The van der Waals surface area contributed by atoms with Crippen LogP contribution in [0.15, 0.2) is 16.9 Å². The molecule has 0 saturated carbocycles. The first-order valence-corrected chi connectivity index (χ1v) is 6.78. The topological polar surface area (TPSA) is 69.9 Å². The van der Waals surface area contributed by atoms with E-state index in [9.17, 15) is 4.79 Å². The number of hydrogen-bond donors (Lipinski definition) is 3. The zero-order valence-electron chi connectivity index (χ0n) is 11.1. The molecule has 102 valence electrons. The highest BCUT2D eigenvalue weighted by Gasteiger charge is 2.14. The number of fused-ring (bicyclic) bond motifs is 1. The van der Waals surface area contributed by atoms with Gasteiger partial charge in [-0.05, 0) is 50.4 Å². The molecule has 0 radical (unpaired) electrons. The molecule has 3 rings (SSSR count). The Morgan fingerprint density at radius 1 is 1.26 bits per heavy atom. The number of aromatic nitrogens is 2. The fourth-order valence-corrected chi connectivity index (χ4v) is 2.69. The molecular formula is C14H19N3O2. The van der Waals surface area contributed by atoms with Gasteiger partial charge in [0.2, 0.25) is 0 Å². The first-order valence-electron chi connectivity index (χ1n) is 6.78. The molecule has 1 aliphatic heterocycles. The van der Waals surface area contributed by atoms with Crippen LogP contribution < -0.4 is 15.6 Å². The van der Waals surface area contributed by atoms with Gasteiger partial charge >= 0.3 is 0 Å². The van der Waals surface area contributed by atoms with Crippen molar-refractivity contribution in [2.24, 2.45) is 5.92 Å². The van der Waals surface area contributed by atoms with Crippen LogP contribution >= 0.6 is 0 Å². The summed E-state index contributed by atoms with van der Waals surface area (Å²) in [5, 5.41) is 9.55. The fourth-order valence-electron chi connectivity index (χ4n) is 2.69. The Bertz CT molecular complexity index is 623. The third-order valence-electron chi connectivity index (χ3n) is 3.79. The molecule has 0 aliphatic carbocycles. The van der Waals surface area contributed by atoms with Gasteiger partial charge in [-0.2, -0.15) is 0 Å². The number of piperidine rings is 1. The van der Waals surface area contributed by atoms with Crippen molar-refractivity contribution < 1.29 is 4.74 Å². The third kappa shape index (κ3) is 2.51. The Kier molecular flexibility index (Phi) is 3.29. The van der Waals surface area contributed by atoms with Crippen molar-refractivity contribution in [2.45, 2.75) is 19.8 Å². The van der Waals surface area contributed by atoms with Crippen LogP contribution in [-0.4, -0.2) is 29.9 Å². The van der Waals surface area contributed by atoms with Crippen molar-refractivity contribution in [2.75, 3.05) is 19.7 Å². The summed E-state index contributed by atoms with van der Waals surface area (Å²) in [6.45, 7) is 4.85. The molecule has 19 heavy (non-hydrogen) atoms. The van der Waals surface area contributed by atoms with Gasteiger partial charge in [-0.25, -0.2) is 0 Å². The largest absolute Gasteiger partial charge is 0.493 e. The van der Waals surface area contributed by atoms with Crippen LogP contribution in [0.2, 0.25) is 0 Å². The number of ether oxygens (including phenoxy) is 1. The summed E-state index contributed by atoms with van der Waals surface area (Å²) >= 11 is 0. The Morgan fingerprint density at radius 2 is 2.05 bits per heavy atom. The van der Waals surface area contributed by atoms with Crippen LogP contribution in [0.5, 0.6) is 5.75 Å². The molecule has 1 saturated heterocycles. The summed E-state index contributed by atoms with van der Waals surface area (Å²) in [5.74, 6) is 1.46. The minimum Gasteiger partial charge on any atom is -0.493 e. The summed E-state index contributed by atoms with van der Waals surface area (Å²) in [6, 6.07) is 3.83. The van der Waals surface area contributed by atoms with Gasteiger partial charge in [0.15, 0.2) is 0 Å². The lowest BCUT2D eigenvalue weighted by atomic mass is 9.99. The standard InChI is InChI=1S/C14H19N3O2/c1-9-6-11(7-12-13(9)14(18)17-16-12)19-8-10-2-4-15-5-3-10/h6-7,10,15H,2-5,8H2,1H3,(H2,16,17,18). The van der Waals surface area contributed by atoms with Gasteiger partial charge in [0, 0.05) is 6.07 Å². The highest BCUT2D eigenvalue weighted by atomic mass is 16.5. The Hall–Kier alpha value is -1.75. The second-order valence-corrected chi connectivity index (χ2v) is 5.25. The van der Waals surface area contributed by atoms with E-state index in [1.165, 1.54) is 12.8 Å². The van der Waals surface area contributed by atoms with Crippen LogP contribution in [0.4, 0.5) is 0 Å². The number of nitrogens with one attached hydrogen (secondary N) is 3. The van der Waals surface area contributed by atoms with E-state index >= 15 is 0 Å². The van der Waals surface area contributed by atoms with Gasteiger partial charge in [0.25, 0.3) is 5.56 Å². The van der Waals surface area contributed by atoms with Crippen molar-refractivity contribution in [3.05, 3.63) is 28.0 Å². The van der Waals surface area contributed by atoms with E-state index in [1.54, 1.807) is 0 Å². The third-order valence-corrected chi connectivity index (χ3v) is 3.79. The van der Waals surface area contributed by atoms with Crippen molar-refractivity contribution in [1.29, 1.82) is 0 Å². The van der Waals surface area contributed by atoms with E-state index in [4.69, 9.17) is 4.74 Å². The number of benzene rings is 1. The maximum atomic E-state index is 11.6.